The molecule has 0 bridgehead atoms. The molecule has 0 unspecified atom stereocenters. The summed E-state index contributed by atoms with van der Waals surface area (Å²) in [6.07, 6.45) is 0.886. The maximum Gasteiger partial charge on any atom is 0.228 e. The van der Waals surface area contributed by atoms with E-state index in [4.69, 9.17) is 10.2 Å². The number of aryl methyl sites for hydroxylation is 1. The molecule has 1 atom stereocenters. The predicted octanol–water partition coefficient (Wildman–Crippen LogP) is 1.59. The highest BCUT2D eigenvalue weighted by atomic mass is 32.1. The van der Waals surface area contributed by atoms with Crippen LogP contribution in [0.15, 0.2) is 21.9 Å². The lowest BCUT2D eigenvalue weighted by molar-refractivity contribution is -0.129. The third-order valence-corrected chi connectivity index (χ3v) is 4.68. The van der Waals surface area contributed by atoms with E-state index >= 15 is 0 Å². The smallest absolute Gasteiger partial charge is 0.228 e. The van der Waals surface area contributed by atoms with Crippen molar-refractivity contribution in [2.24, 2.45) is 11.7 Å². The molecule has 1 fully saturated rings. The van der Waals surface area contributed by atoms with Crippen LogP contribution in [0.25, 0.3) is 10.8 Å². The highest BCUT2D eigenvalue weighted by Crippen LogP contribution is 2.26. The largest absolute Gasteiger partial charge is 0.459 e. The molecule has 2 amide bonds. The van der Waals surface area contributed by atoms with Crippen molar-refractivity contribution in [3.63, 3.8) is 0 Å². The molecule has 0 aliphatic carbocycles. The van der Waals surface area contributed by atoms with Crippen molar-refractivity contribution in [2.45, 2.75) is 19.8 Å². The van der Waals surface area contributed by atoms with Gasteiger partial charge in [-0.25, -0.2) is 4.98 Å². The zero-order chi connectivity index (χ0) is 15.7. The molecule has 22 heavy (non-hydrogen) atoms. The second-order valence-electron chi connectivity index (χ2n) is 5.46. The summed E-state index contributed by atoms with van der Waals surface area (Å²) in [7, 11) is 0. The quantitative estimate of drug-likeness (QED) is 0.926. The normalized spacial score (nSPS) is 17.9. The van der Waals surface area contributed by atoms with E-state index in [1.54, 1.807) is 4.90 Å². The summed E-state index contributed by atoms with van der Waals surface area (Å²) in [4.78, 5) is 29.5. The number of hydrogen-bond donors (Lipinski definition) is 1. The van der Waals surface area contributed by atoms with Gasteiger partial charge >= 0.3 is 0 Å². The molecule has 1 aliphatic rings. The Morgan fingerprint density at radius 1 is 1.50 bits per heavy atom. The number of aromatic nitrogens is 1. The van der Waals surface area contributed by atoms with Gasteiger partial charge < -0.3 is 15.1 Å². The van der Waals surface area contributed by atoms with Gasteiger partial charge in [-0.2, -0.15) is 0 Å². The fourth-order valence-electron chi connectivity index (χ4n) is 2.54. The molecule has 1 saturated heterocycles. The van der Waals surface area contributed by atoms with Gasteiger partial charge in [0.2, 0.25) is 11.8 Å². The Kier molecular flexibility index (Phi) is 3.98. The van der Waals surface area contributed by atoms with Crippen LogP contribution in [-0.2, 0) is 16.0 Å². The van der Waals surface area contributed by atoms with Crippen molar-refractivity contribution >= 4 is 23.2 Å². The summed E-state index contributed by atoms with van der Waals surface area (Å²) in [6.45, 7) is 2.88. The molecule has 0 aromatic carbocycles. The number of amides is 2. The molecular formula is C15H17N3O3S. The number of likely N-dealkylation sites (tertiary alicyclic amines) is 1. The summed E-state index contributed by atoms with van der Waals surface area (Å²) in [5.41, 5.74) is 6.01. The van der Waals surface area contributed by atoms with Crippen molar-refractivity contribution in [1.82, 2.24) is 9.88 Å². The Bertz CT molecular complexity index is 706. The number of nitrogens with two attached hydrogens (primary N) is 1. The van der Waals surface area contributed by atoms with E-state index in [1.807, 2.05) is 24.4 Å². The SMILES string of the molecule is Cc1ccc(-c2nc(CC(=O)N3CC[C@H](C(N)=O)C3)cs2)o1. The zero-order valence-corrected chi connectivity index (χ0v) is 13.1. The molecule has 2 aromatic heterocycles. The fourth-order valence-corrected chi connectivity index (χ4v) is 3.32. The lowest BCUT2D eigenvalue weighted by Crippen LogP contribution is -2.32. The van der Waals surface area contributed by atoms with Crippen LogP contribution < -0.4 is 5.73 Å². The molecule has 2 aromatic rings. The molecule has 1 aliphatic heterocycles. The van der Waals surface area contributed by atoms with Gasteiger partial charge in [-0.1, -0.05) is 0 Å². The number of hydrogen-bond acceptors (Lipinski definition) is 5. The fraction of sp³-hybridized carbons (Fsp3) is 0.400. The monoisotopic (exact) mass is 319 g/mol. The molecule has 116 valence electrons. The second-order valence-corrected chi connectivity index (χ2v) is 6.32. The van der Waals surface area contributed by atoms with Crippen molar-refractivity contribution in [1.29, 1.82) is 0 Å². The zero-order valence-electron chi connectivity index (χ0n) is 12.2. The van der Waals surface area contributed by atoms with Crippen LogP contribution >= 0.6 is 11.3 Å². The highest BCUT2D eigenvalue weighted by molar-refractivity contribution is 7.13. The minimum absolute atomic E-state index is 0.0174. The Labute approximate surface area is 131 Å². The average molecular weight is 319 g/mol. The Hall–Kier alpha value is -2.15. The summed E-state index contributed by atoms with van der Waals surface area (Å²) >= 11 is 1.46. The van der Waals surface area contributed by atoms with Crippen LogP contribution in [0.5, 0.6) is 0 Å². The molecule has 3 heterocycles. The first kappa shape index (κ1) is 14.8. The molecule has 6 nitrogen and oxygen atoms in total. The summed E-state index contributed by atoms with van der Waals surface area (Å²) in [5, 5.41) is 2.64. The Balaban J connectivity index is 1.63. The molecule has 0 radical (unpaired) electrons. The number of thiazole rings is 1. The first-order chi connectivity index (χ1) is 10.5. The van der Waals surface area contributed by atoms with Crippen LogP contribution in [0.3, 0.4) is 0 Å². The molecule has 3 rings (SSSR count). The average Bonchev–Trinajstić information content (AvgIpc) is 3.17. The number of furan rings is 1. The lowest BCUT2D eigenvalue weighted by atomic mass is 10.1. The van der Waals surface area contributed by atoms with Gasteiger partial charge in [-0.3, -0.25) is 9.59 Å². The van der Waals surface area contributed by atoms with Crippen molar-refractivity contribution in [2.75, 3.05) is 13.1 Å². The van der Waals surface area contributed by atoms with Gasteiger partial charge in [0.15, 0.2) is 10.8 Å². The van der Waals surface area contributed by atoms with Crippen molar-refractivity contribution in [3.05, 3.63) is 29.0 Å². The maximum absolute atomic E-state index is 12.2. The lowest BCUT2D eigenvalue weighted by Gasteiger charge is -2.14. The van der Waals surface area contributed by atoms with Gasteiger partial charge in [0, 0.05) is 18.5 Å². The first-order valence-electron chi connectivity index (χ1n) is 7.11. The number of rotatable bonds is 4. The standard InChI is InChI=1S/C15H17N3O3S/c1-9-2-3-12(21-9)15-17-11(8-22-15)6-13(19)18-5-4-10(7-18)14(16)20/h2-3,8,10H,4-7H2,1H3,(H2,16,20)/t10-/m0/s1. The maximum atomic E-state index is 12.2. The van der Waals surface area contributed by atoms with Crippen LogP contribution in [0, 0.1) is 12.8 Å². The third-order valence-electron chi connectivity index (χ3n) is 3.78. The van der Waals surface area contributed by atoms with E-state index in [-0.39, 0.29) is 24.2 Å². The first-order valence-corrected chi connectivity index (χ1v) is 7.99. The number of carbonyl (C=O) groups is 2. The van der Waals surface area contributed by atoms with Crippen LogP contribution in [0.2, 0.25) is 0 Å². The Morgan fingerprint density at radius 3 is 2.95 bits per heavy atom. The number of carbonyl (C=O) groups excluding carboxylic acids is 2. The summed E-state index contributed by atoms with van der Waals surface area (Å²) in [6, 6.07) is 3.76. The molecule has 2 N–H and O–H groups in total. The van der Waals surface area contributed by atoms with Crippen molar-refractivity contribution in [3.8, 4) is 10.8 Å². The predicted molar refractivity (Wildman–Crippen MR) is 82.1 cm³/mol. The van der Waals surface area contributed by atoms with E-state index in [9.17, 15) is 9.59 Å². The summed E-state index contributed by atoms with van der Waals surface area (Å²) in [5.74, 6) is 0.977. The topological polar surface area (TPSA) is 89.4 Å². The van der Waals surface area contributed by atoms with Gasteiger partial charge in [0.25, 0.3) is 0 Å². The van der Waals surface area contributed by atoms with E-state index in [1.165, 1.54) is 11.3 Å². The van der Waals surface area contributed by atoms with Crippen LogP contribution in [-0.4, -0.2) is 34.8 Å². The molecule has 0 spiro atoms. The number of nitrogens with zero attached hydrogens (tertiary/aromatic N) is 2. The van der Waals surface area contributed by atoms with Crippen LogP contribution in [0.4, 0.5) is 0 Å². The van der Waals surface area contributed by atoms with Crippen LogP contribution in [0.1, 0.15) is 17.9 Å². The minimum Gasteiger partial charge on any atom is -0.459 e. The van der Waals surface area contributed by atoms with Crippen molar-refractivity contribution < 1.29 is 14.0 Å². The van der Waals surface area contributed by atoms with Gasteiger partial charge in [0.1, 0.15) is 5.76 Å². The third kappa shape index (κ3) is 3.04. The highest BCUT2D eigenvalue weighted by Gasteiger charge is 2.29. The molecule has 7 heteroatoms. The van der Waals surface area contributed by atoms with Gasteiger partial charge in [-0.05, 0) is 25.5 Å². The Morgan fingerprint density at radius 2 is 2.32 bits per heavy atom. The summed E-state index contributed by atoms with van der Waals surface area (Å²) < 4.78 is 5.53. The van der Waals surface area contributed by atoms with Gasteiger partial charge in [-0.15, -0.1) is 11.3 Å². The van der Waals surface area contributed by atoms with Gasteiger partial charge in [0.05, 0.1) is 18.0 Å². The minimum atomic E-state index is -0.334. The second kappa shape index (κ2) is 5.92. The van der Waals surface area contributed by atoms with E-state index in [2.05, 4.69) is 4.98 Å². The van der Waals surface area contributed by atoms with E-state index < -0.39 is 0 Å². The van der Waals surface area contributed by atoms with E-state index in [0.29, 0.717) is 19.5 Å². The number of primary amides is 1. The molecule has 0 saturated carbocycles. The molecular weight excluding hydrogens is 302 g/mol. The van der Waals surface area contributed by atoms with E-state index in [0.717, 1.165) is 22.2 Å².